The molecule has 0 aromatic carbocycles. The van der Waals surface area contributed by atoms with Crippen molar-refractivity contribution in [3.63, 3.8) is 0 Å². The van der Waals surface area contributed by atoms with E-state index in [4.69, 9.17) is 11.6 Å². The Balaban J connectivity index is 2.37. The highest BCUT2D eigenvalue weighted by Gasteiger charge is 1.99. The van der Waals surface area contributed by atoms with Gasteiger partial charge in [-0.1, -0.05) is 0 Å². The minimum Gasteiger partial charge on any atom is -0.370 e. The van der Waals surface area contributed by atoms with E-state index in [0.29, 0.717) is 0 Å². The lowest BCUT2D eigenvalue weighted by molar-refractivity contribution is 0.748. The summed E-state index contributed by atoms with van der Waals surface area (Å²) in [4.78, 5) is 8.51. The molecule has 1 heterocycles. The van der Waals surface area contributed by atoms with Crippen LogP contribution in [0.3, 0.4) is 0 Å². The number of hydrogen-bond donors (Lipinski definition) is 1. The molecule has 3 nitrogen and oxygen atoms in total. The monoisotopic (exact) mass is 227 g/mol. The van der Waals surface area contributed by atoms with E-state index in [1.54, 1.807) is 0 Å². The molecule has 1 aromatic heterocycles. The summed E-state index contributed by atoms with van der Waals surface area (Å²) in [7, 11) is 0. The number of halogens is 1. The van der Waals surface area contributed by atoms with Gasteiger partial charge in [-0.2, -0.15) is 0 Å². The lowest BCUT2D eigenvalue weighted by atomic mass is 10.2. The Labute approximate surface area is 96.3 Å². The zero-order chi connectivity index (χ0) is 11.3. The summed E-state index contributed by atoms with van der Waals surface area (Å²) >= 11 is 5.86. The maximum Gasteiger partial charge on any atom is 0.129 e. The fourth-order valence-electron chi connectivity index (χ4n) is 1.41. The first-order valence-corrected chi connectivity index (χ1v) is 5.72. The topological polar surface area (TPSA) is 37.8 Å². The van der Waals surface area contributed by atoms with Gasteiger partial charge in [-0.05, 0) is 33.6 Å². The first-order valence-electron chi connectivity index (χ1n) is 5.28. The van der Waals surface area contributed by atoms with E-state index in [1.807, 2.05) is 26.8 Å². The molecule has 1 N–H and O–H groups in total. The van der Waals surface area contributed by atoms with E-state index < -0.39 is 0 Å². The van der Waals surface area contributed by atoms with Gasteiger partial charge in [0.1, 0.15) is 11.6 Å². The molecule has 0 saturated carbocycles. The van der Waals surface area contributed by atoms with Crippen molar-refractivity contribution in [1.29, 1.82) is 0 Å². The van der Waals surface area contributed by atoms with E-state index in [2.05, 4.69) is 15.3 Å². The molecular formula is C11H18ClN3. The third-order valence-corrected chi connectivity index (χ3v) is 2.27. The van der Waals surface area contributed by atoms with Gasteiger partial charge in [0.15, 0.2) is 0 Å². The Hall–Kier alpha value is -0.830. The number of alkyl halides is 1. The van der Waals surface area contributed by atoms with E-state index in [-0.39, 0.29) is 5.38 Å². The van der Waals surface area contributed by atoms with E-state index >= 15 is 0 Å². The number of aryl methyl sites for hydroxylation is 2. The fraction of sp³-hybridized carbons (Fsp3) is 0.636. The Morgan fingerprint density at radius 1 is 1.40 bits per heavy atom. The van der Waals surface area contributed by atoms with Crippen molar-refractivity contribution in [2.24, 2.45) is 0 Å². The smallest absolute Gasteiger partial charge is 0.129 e. The molecule has 0 saturated heterocycles. The summed E-state index contributed by atoms with van der Waals surface area (Å²) in [5, 5.41) is 3.52. The molecule has 0 aliphatic rings. The van der Waals surface area contributed by atoms with Crippen LogP contribution >= 0.6 is 11.6 Å². The average molecular weight is 228 g/mol. The molecule has 1 aromatic rings. The second kappa shape index (κ2) is 5.91. The molecule has 0 amide bonds. The Kier molecular flexibility index (Phi) is 4.82. The summed E-state index contributed by atoms with van der Waals surface area (Å²) in [5.74, 6) is 1.71. The lowest BCUT2D eigenvalue weighted by Crippen LogP contribution is -2.06. The SMILES string of the molecule is Cc1cc(NCCCC(C)Cl)nc(C)n1. The molecule has 0 spiro atoms. The zero-order valence-corrected chi connectivity index (χ0v) is 10.3. The van der Waals surface area contributed by atoms with Gasteiger partial charge in [-0.25, -0.2) is 9.97 Å². The third-order valence-electron chi connectivity index (χ3n) is 2.05. The van der Waals surface area contributed by atoms with E-state index in [9.17, 15) is 0 Å². The molecule has 1 rings (SSSR count). The van der Waals surface area contributed by atoms with Crippen molar-refractivity contribution < 1.29 is 0 Å². The van der Waals surface area contributed by atoms with Crippen molar-refractivity contribution >= 4 is 17.4 Å². The van der Waals surface area contributed by atoms with Gasteiger partial charge in [0.25, 0.3) is 0 Å². The third kappa shape index (κ3) is 4.98. The summed E-state index contributed by atoms with van der Waals surface area (Å²) < 4.78 is 0. The first kappa shape index (κ1) is 12.2. The Morgan fingerprint density at radius 2 is 2.13 bits per heavy atom. The maximum atomic E-state index is 5.86. The van der Waals surface area contributed by atoms with Crippen LogP contribution in [0.4, 0.5) is 5.82 Å². The zero-order valence-electron chi connectivity index (χ0n) is 9.55. The second-order valence-electron chi connectivity index (χ2n) is 3.79. The van der Waals surface area contributed by atoms with Crippen molar-refractivity contribution in [2.45, 2.75) is 39.0 Å². The summed E-state index contributed by atoms with van der Waals surface area (Å²) in [6.45, 7) is 6.80. The molecule has 4 heteroatoms. The van der Waals surface area contributed by atoms with Crippen LogP contribution in [0, 0.1) is 13.8 Å². The van der Waals surface area contributed by atoms with Crippen LogP contribution in [-0.4, -0.2) is 21.9 Å². The van der Waals surface area contributed by atoms with Crippen LogP contribution in [0.25, 0.3) is 0 Å². The molecule has 15 heavy (non-hydrogen) atoms. The first-order chi connectivity index (χ1) is 7.08. The van der Waals surface area contributed by atoms with Gasteiger partial charge in [-0.3, -0.25) is 0 Å². The van der Waals surface area contributed by atoms with Gasteiger partial charge < -0.3 is 5.32 Å². The summed E-state index contributed by atoms with van der Waals surface area (Å²) in [5.41, 5.74) is 0.996. The number of hydrogen-bond acceptors (Lipinski definition) is 3. The number of anilines is 1. The van der Waals surface area contributed by atoms with Gasteiger partial charge in [-0.15, -0.1) is 11.6 Å². The largest absolute Gasteiger partial charge is 0.370 e. The van der Waals surface area contributed by atoms with Gasteiger partial charge in [0.05, 0.1) is 0 Å². The van der Waals surface area contributed by atoms with Crippen LogP contribution in [0.5, 0.6) is 0 Å². The molecule has 0 aliphatic carbocycles. The second-order valence-corrected chi connectivity index (χ2v) is 4.54. The van der Waals surface area contributed by atoms with Crippen LogP contribution < -0.4 is 5.32 Å². The minimum absolute atomic E-state index is 0.251. The number of aromatic nitrogens is 2. The lowest BCUT2D eigenvalue weighted by Gasteiger charge is -2.07. The Bertz CT molecular complexity index is 292. The Morgan fingerprint density at radius 3 is 2.73 bits per heavy atom. The molecule has 84 valence electrons. The van der Waals surface area contributed by atoms with Crippen LogP contribution in [0.15, 0.2) is 6.07 Å². The number of nitrogens with one attached hydrogen (secondary N) is 1. The summed E-state index contributed by atoms with van der Waals surface area (Å²) in [6, 6.07) is 1.96. The normalized spacial score (nSPS) is 12.5. The minimum atomic E-state index is 0.251. The molecule has 1 atom stereocenters. The highest BCUT2D eigenvalue weighted by molar-refractivity contribution is 6.20. The number of rotatable bonds is 5. The summed E-state index contributed by atoms with van der Waals surface area (Å²) in [6.07, 6.45) is 2.09. The predicted molar refractivity (Wildman–Crippen MR) is 64.5 cm³/mol. The highest BCUT2D eigenvalue weighted by Crippen LogP contribution is 2.07. The molecule has 0 bridgehead atoms. The predicted octanol–water partition coefficient (Wildman–Crippen LogP) is 2.91. The van der Waals surface area contributed by atoms with Crippen molar-refractivity contribution in [1.82, 2.24) is 9.97 Å². The van der Waals surface area contributed by atoms with Crippen LogP contribution in [0.2, 0.25) is 0 Å². The van der Waals surface area contributed by atoms with Gasteiger partial charge >= 0.3 is 0 Å². The quantitative estimate of drug-likeness (QED) is 0.621. The van der Waals surface area contributed by atoms with Crippen LogP contribution in [-0.2, 0) is 0 Å². The molecule has 1 unspecified atom stereocenters. The van der Waals surface area contributed by atoms with Crippen LogP contribution in [0.1, 0.15) is 31.3 Å². The van der Waals surface area contributed by atoms with Crippen molar-refractivity contribution in [3.8, 4) is 0 Å². The van der Waals surface area contributed by atoms with Gasteiger partial charge in [0.2, 0.25) is 0 Å². The standard InChI is InChI=1S/C11H18ClN3/c1-8(12)5-4-6-13-11-7-9(2)14-10(3)15-11/h7-8H,4-6H2,1-3H3,(H,13,14,15). The van der Waals surface area contributed by atoms with Crippen molar-refractivity contribution in [2.75, 3.05) is 11.9 Å². The van der Waals surface area contributed by atoms with E-state index in [1.165, 1.54) is 0 Å². The molecule has 0 aliphatic heterocycles. The molecule has 0 fully saturated rings. The maximum absolute atomic E-state index is 5.86. The fourth-order valence-corrected chi connectivity index (χ4v) is 1.56. The highest BCUT2D eigenvalue weighted by atomic mass is 35.5. The van der Waals surface area contributed by atoms with Gasteiger partial charge in [0, 0.05) is 23.7 Å². The average Bonchev–Trinajstić information content (AvgIpc) is 2.10. The van der Waals surface area contributed by atoms with Crippen molar-refractivity contribution in [3.05, 3.63) is 17.6 Å². The van der Waals surface area contributed by atoms with E-state index in [0.717, 1.165) is 36.7 Å². The molecule has 0 radical (unpaired) electrons. The molecular weight excluding hydrogens is 210 g/mol. The number of nitrogens with zero attached hydrogens (tertiary/aromatic N) is 2.